The Morgan fingerprint density at radius 1 is 1.10 bits per heavy atom. The lowest BCUT2D eigenvalue weighted by molar-refractivity contribution is 0.0496. The molecule has 0 amide bonds. The zero-order chi connectivity index (χ0) is 20.6. The van der Waals surface area contributed by atoms with E-state index in [-0.39, 0.29) is 18.4 Å². The molecular weight excluding hydrogens is 375 g/mol. The number of benzene rings is 2. The van der Waals surface area contributed by atoms with Crippen molar-refractivity contribution in [3.63, 3.8) is 0 Å². The third-order valence-electron chi connectivity index (χ3n) is 4.14. The van der Waals surface area contributed by atoms with Crippen molar-refractivity contribution in [3.05, 3.63) is 54.3 Å². The largest absolute Gasteiger partial charge is 0.463 e. The molecule has 0 fully saturated rings. The molecule has 8 heteroatoms. The quantitative estimate of drug-likeness (QED) is 0.544. The average Bonchev–Trinajstić information content (AvgIpc) is 3.15. The number of rotatable bonds is 10. The van der Waals surface area contributed by atoms with E-state index >= 15 is 0 Å². The molecule has 2 N–H and O–H groups in total. The summed E-state index contributed by atoms with van der Waals surface area (Å²) in [6.07, 6.45) is -0.591. The van der Waals surface area contributed by atoms with E-state index in [9.17, 15) is 9.50 Å². The highest BCUT2D eigenvalue weighted by Crippen LogP contribution is 2.26. The maximum absolute atomic E-state index is 14.3. The van der Waals surface area contributed by atoms with Crippen LogP contribution in [-0.2, 0) is 4.74 Å². The fourth-order valence-electron chi connectivity index (χ4n) is 2.75. The predicted octanol–water partition coefficient (Wildman–Crippen LogP) is 3.28. The number of hydrogen-bond donors (Lipinski definition) is 2. The number of aromatic nitrogens is 3. The first kappa shape index (κ1) is 20.8. The van der Waals surface area contributed by atoms with Crippen molar-refractivity contribution in [2.24, 2.45) is 0 Å². The van der Waals surface area contributed by atoms with Crippen LogP contribution in [0.1, 0.15) is 13.8 Å². The van der Waals surface area contributed by atoms with Gasteiger partial charge in [0.25, 0.3) is 0 Å². The lowest BCUT2D eigenvalue weighted by Gasteiger charge is -2.13. The number of aliphatic hydroxyl groups is 1. The van der Waals surface area contributed by atoms with Crippen LogP contribution in [0, 0.1) is 5.82 Å². The fourth-order valence-corrected chi connectivity index (χ4v) is 2.75. The van der Waals surface area contributed by atoms with E-state index in [4.69, 9.17) is 9.47 Å². The van der Waals surface area contributed by atoms with Gasteiger partial charge in [0.1, 0.15) is 5.82 Å². The molecule has 1 aromatic heterocycles. The van der Waals surface area contributed by atoms with Crippen LogP contribution in [0.15, 0.2) is 48.5 Å². The van der Waals surface area contributed by atoms with Gasteiger partial charge in [0.05, 0.1) is 30.6 Å². The summed E-state index contributed by atoms with van der Waals surface area (Å²) in [5.74, 6) is -0.0230. The van der Waals surface area contributed by atoms with Gasteiger partial charge in [-0.05, 0) is 50.2 Å². The molecule has 0 saturated carbocycles. The highest BCUT2D eigenvalue weighted by atomic mass is 19.1. The van der Waals surface area contributed by atoms with Gasteiger partial charge in [0.2, 0.25) is 0 Å². The lowest BCUT2D eigenvalue weighted by atomic mass is 10.2. The summed E-state index contributed by atoms with van der Waals surface area (Å²) in [7, 11) is 0. The molecule has 0 aliphatic carbocycles. The SMILES string of the molecule is CCOCC(O)CNc1ccc(-n2nc(OCC)nc2-c2ccccc2F)cc1. The lowest BCUT2D eigenvalue weighted by Crippen LogP contribution is -2.24. The second-order valence-electron chi connectivity index (χ2n) is 6.28. The second kappa shape index (κ2) is 9.99. The van der Waals surface area contributed by atoms with E-state index in [1.165, 1.54) is 6.07 Å². The first-order chi connectivity index (χ1) is 14.1. The van der Waals surface area contributed by atoms with Crippen LogP contribution in [0.4, 0.5) is 10.1 Å². The molecule has 1 unspecified atom stereocenters. The molecule has 7 nitrogen and oxygen atoms in total. The Kier molecular flexibility index (Phi) is 7.15. The molecule has 1 heterocycles. The first-order valence-electron chi connectivity index (χ1n) is 9.57. The van der Waals surface area contributed by atoms with Gasteiger partial charge in [-0.15, -0.1) is 5.10 Å². The Bertz CT molecular complexity index is 915. The normalized spacial score (nSPS) is 12.0. The van der Waals surface area contributed by atoms with E-state index in [1.807, 2.05) is 38.1 Å². The van der Waals surface area contributed by atoms with Crippen LogP contribution in [-0.4, -0.2) is 52.3 Å². The van der Waals surface area contributed by atoms with Crippen molar-refractivity contribution in [2.75, 3.05) is 31.7 Å². The number of nitrogens with zero attached hydrogens (tertiary/aromatic N) is 3. The highest BCUT2D eigenvalue weighted by molar-refractivity contribution is 5.60. The molecule has 3 aromatic rings. The number of halogens is 1. The van der Waals surface area contributed by atoms with Crippen molar-refractivity contribution in [3.8, 4) is 23.1 Å². The molecule has 3 rings (SSSR count). The summed E-state index contributed by atoms with van der Waals surface area (Å²) < 4.78 is 26.5. The Morgan fingerprint density at radius 2 is 1.86 bits per heavy atom. The van der Waals surface area contributed by atoms with Gasteiger partial charge in [-0.2, -0.15) is 4.98 Å². The standard InChI is InChI=1S/C21H25FN4O3/c1-3-28-14-17(27)13-23-15-9-11-16(12-10-15)26-20(24-21(25-26)29-4-2)18-7-5-6-8-19(18)22/h5-12,17,23,27H,3-4,13-14H2,1-2H3. The number of hydrogen-bond acceptors (Lipinski definition) is 6. The monoisotopic (exact) mass is 400 g/mol. The molecule has 29 heavy (non-hydrogen) atoms. The summed E-state index contributed by atoms with van der Waals surface area (Å²) in [6.45, 7) is 5.36. The van der Waals surface area contributed by atoms with Gasteiger partial charge >= 0.3 is 6.01 Å². The first-order valence-corrected chi connectivity index (χ1v) is 9.57. The fraction of sp³-hybridized carbons (Fsp3) is 0.333. The number of ether oxygens (including phenoxy) is 2. The van der Waals surface area contributed by atoms with Crippen molar-refractivity contribution in [1.29, 1.82) is 0 Å². The van der Waals surface area contributed by atoms with E-state index in [0.717, 1.165) is 5.69 Å². The van der Waals surface area contributed by atoms with Crippen LogP contribution >= 0.6 is 0 Å². The summed E-state index contributed by atoms with van der Waals surface area (Å²) >= 11 is 0. The Labute approximate surface area is 169 Å². The molecule has 1 atom stereocenters. The van der Waals surface area contributed by atoms with E-state index < -0.39 is 6.10 Å². The Balaban J connectivity index is 1.82. The highest BCUT2D eigenvalue weighted by Gasteiger charge is 2.17. The van der Waals surface area contributed by atoms with Crippen molar-refractivity contribution >= 4 is 5.69 Å². The zero-order valence-corrected chi connectivity index (χ0v) is 16.5. The van der Waals surface area contributed by atoms with Crippen LogP contribution in [0.3, 0.4) is 0 Å². The van der Waals surface area contributed by atoms with E-state index in [2.05, 4.69) is 15.4 Å². The topological polar surface area (TPSA) is 81.4 Å². The summed E-state index contributed by atoms with van der Waals surface area (Å²) in [6, 6.07) is 14.0. The Hall–Kier alpha value is -2.97. The zero-order valence-electron chi connectivity index (χ0n) is 16.5. The molecule has 0 aliphatic heterocycles. The predicted molar refractivity (Wildman–Crippen MR) is 109 cm³/mol. The molecule has 154 valence electrons. The van der Waals surface area contributed by atoms with Gasteiger partial charge in [-0.3, -0.25) is 0 Å². The van der Waals surface area contributed by atoms with E-state index in [1.54, 1.807) is 22.9 Å². The maximum atomic E-state index is 14.3. The van der Waals surface area contributed by atoms with Crippen molar-refractivity contribution in [2.45, 2.75) is 20.0 Å². The van der Waals surface area contributed by atoms with Gasteiger partial charge in [-0.25, -0.2) is 9.07 Å². The molecule has 0 saturated heterocycles. The van der Waals surface area contributed by atoms with Gasteiger partial charge in [0, 0.05) is 18.8 Å². The third-order valence-corrected chi connectivity index (χ3v) is 4.14. The van der Waals surface area contributed by atoms with Crippen LogP contribution in [0.25, 0.3) is 17.1 Å². The van der Waals surface area contributed by atoms with Crippen LogP contribution < -0.4 is 10.1 Å². The minimum Gasteiger partial charge on any atom is -0.463 e. The number of nitrogens with one attached hydrogen (secondary N) is 1. The molecule has 0 bridgehead atoms. The van der Waals surface area contributed by atoms with Crippen LogP contribution in [0.5, 0.6) is 6.01 Å². The molecule has 0 spiro atoms. The molecule has 0 aliphatic rings. The summed E-state index contributed by atoms with van der Waals surface area (Å²) in [4.78, 5) is 4.34. The van der Waals surface area contributed by atoms with Crippen molar-refractivity contribution in [1.82, 2.24) is 14.8 Å². The van der Waals surface area contributed by atoms with Gasteiger partial charge < -0.3 is 19.9 Å². The van der Waals surface area contributed by atoms with Crippen LogP contribution in [0.2, 0.25) is 0 Å². The minimum absolute atomic E-state index is 0.187. The van der Waals surface area contributed by atoms with Gasteiger partial charge in [0.15, 0.2) is 5.82 Å². The van der Waals surface area contributed by atoms with Gasteiger partial charge in [-0.1, -0.05) is 12.1 Å². The molecular formula is C21H25FN4O3. The maximum Gasteiger partial charge on any atom is 0.336 e. The van der Waals surface area contributed by atoms with Crippen molar-refractivity contribution < 1.29 is 19.0 Å². The molecule has 0 radical (unpaired) electrons. The smallest absolute Gasteiger partial charge is 0.336 e. The number of aliphatic hydroxyl groups excluding tert-OH is 1. The van der Waals surface area contributed by atoms with E-state index in [0.29, 0.717) is 36.8 Å². The summed E-state index contributed by atoms with van der Waals surface area (Å²) in [5.41, 5.74) is 1.89. The summed E-state index contributed by atoms with van der Waals surface area (Å²) in [5, 5.41) is 17.4. The number of anilines is 1. The Morgan fingerprint density at radius 3 is 2.55 bits per heavy atom. The second-order valence-corrected chi connectivity index (χ2v) is 6.28. The minimum atomic E-state index is -0.591. The average molecular weight is 400 g/mol. The molecule has 2 aromatic carbocycles. The third kappa shape index (κ3) is 5.30.